The van der Waals surface area contributed by atoms with Gasteiger partial charge in [0.15, 0.2) is 17.4 Å². The molecule has 0 fully saturated rings. The predicted molar refractivity (Wildman–Crippen MR) is 83.2 cm³/mol. The van der Waals surface area contributed by atoms with Gasteiger partial charge < -0.3 is 4.74 Å². The molecule has 0 radical (unpaired) electrons. The Balaban J connectivity index is 1.54. The number of thiazole rings is 1. The summed E-state index contributed by atoms with van der Waals surface area (Å²) in [7, 11) is 0. The van der Waals surface area contributed by atoms with Crippen LogP contribution >= 0.6 is 11.3 Å². The van der Waals surface area contributed by atoms with Gasteiger partial charge in [-0.3, -0.25) is 14.0 Å². The number of hydrogen-bond acceptors (Lipinski definition) is 5. The Bertz CT molecular complexity index is 789. The molecule has 0 atom stereocenters. The smallest absolute Gasteiger partial charge is 0.312 e. The normalized spacial score (nSPS) is 10.8. The number of ketones is 1. The maximum absolute atomic E-state index is 11.9. The molecule has 0 saturated heterocycles. The Morgan fingerprint density at radius 3 is 2.77 bits per heavy atom. The molecule has 0 N–H and O–H groups in total. The number of benzene rings is 1. The molecule has 3 rings (SSSR count). The summed E-state index contributed by atoms with van der Waals surface area (Å²) in [5.74, 6) is -0.662. The fourth-order valence-electron chi connectivity index (χ4n) is 2.03. The number of carbonyl (C=O) groups excluding carboxylic acids is 2. The Hall–Kier alpha value is -2.47. The van der Waals surface area contributed by atoms with E-state index in [0.29, 0.717) is 11.3 Å². The highest BCUT2D eigenvalue weighted by molar-refractivity contribution is 7.15. The molecule has 5 nitrogen and oxygen atoms in total. The van der Waals surface area contributed by atoms with E-state index in [1.807, 2.05) is 35.0 Å². The second-order valence-electron chi connectivity index (χ2n) is 4.95. The van der Waals surface area contributed by atoms with Crippen LogP contribution in [0.25, 0.3) is 4.96 Å². The quantitative estimate of drug-likeness (QED) is 0.536. The van der Waals surface area contributed by atoms with Crippen molar-refractivity contribution < 1.29 is 14.3 Å². The summed E-state index contributed by atoms with van der Waals surface area (Å²) in [6.45, 7) is 1.70. The van der Waals surface area contributed by atoms with E-state index < -0.39 is 5.97 Å². The van der Waals surface area contributed by atoms with Crippen molar-refractivity contribution in [3.63, 3.8) is 0 Å². The summed E-state index contributed by atoms with van der Waals surface area (Å²) in [6, 6.07) is 7.17. The first kappa shape index (κ1) is 14.5. The molecule has 2 aromatic heterocycles. The van der Waals surface area contributed by atoms with E-state index >= 15 is 0 Å². The lowest BCUT2D eigenvalue weighted by Crippen LogP contribution is -2.15. The third-order valence-electron chi connectivity index (χ3n) is 3.21. The number of fused-ring (bicyclic) bond motifs is 1. The van der Waals surface area contributed by atoms with Gasteiger partial charge in [0.25, 0.3) is 0 Å². The molecule has 0 spiro atoms. The number of imidazole rings is 1. The average Bonchev–Trinajstić information content (AvgIpc) is 3.06. The first-order chi connectivity index (χ1) is 10.6. The molecule has 0 amide bonds. The van der Waals surface area contributed by atoms with Crippen LogP contribution in [0.1, 0.15) is 21.6 Å². The highest BCUT2D eigenvalue weighted by Gasteiger charge is 2.12. The number of aromatic nitrogens is 2. The maximum atomic E-state index is 11.9. The molecule has 22 heavy (non-hydrogen) atoms. The lowest BCUT2D eigenvalue weighted by atomic mass is 10.1. The zero-order valence-electron chi connectivity index (χ0n) is 12.0. The van der Waals surface area contributed by atoms with Crippen LogP contribution in [0.5, 0.6) is 0 Å². The Kier molecular flexibility index (Phi) is 4.02. The van der Waals surface area contributed by atoms with E-state index in [-0.39, 0.29) is 18.8 Å². The first-order valence-electron chi connectivity index (χ1n) is 6.78. The molecule has 0 aliphatic carbocycles. The van der Waals surface area contributed by atoms with Crippen LogP contribution in [0.15, 0.2) is 42.0 Å². The van der Waals surface area contributed by atoms with Gasteiger partial charge in [0.05, 0.1) is 12.1 Å². The minimum absolute atomic E-state index is 0.0651. The van der Waals surface area contributed by atoms with Crippen molar-refractivity contribution in [3.05, 3.63) is 58.9 Å². The lowest BCUT2D eigenvalue weighted by Gasteiger charge is -2.03. The summed E-state index contributed by atoms with van der Waals surface area (Å²) in [6.07, 6.45) is 3.73. The van der Waals surface area contributed by atoms with E-state index in [0.717, 1.165) is 10.5 Å². The third kappa shape index (κ3) is 3.23. The number of carbonyl (C=O) groups is 2. The molecule has 112 valence electrons. The van der Waals surface area contributed by atoms with E-state index in [1.54, 1.807) is 18.3 Å². The second-order valence-corrected chi connectivity index (χ2v) is 5.82. The zero-order chi connectivity index (χ0) is 15.5. The van der Waals surface area contributed by atoms with Gasteiger partial charge in [-0.2, -0.15) is 0 Å². The van der Waals surface area contributed by atoms with E-state index in [4.69, 9.17) is 4.74 Å². The monoisotopic (exact) mass is 314 g/mol. The van der Waals surface area contributed by atoms with E-state index in [1.165, 1.54) is 11.3 Å². The van der Waals surface area contributed by atoms with Crippen molar-refractivity contribution in [1.82, 2.24) is 9.38 Å². The van der Waals surface area contributed by atoms with Crippen LogP contribution in [-0.2, 0) is 16.0 Å². The summed E-state index contributed by atoms with van der Waals surface area (Å²) in [4.78, 5) is 28.8. The number of nitrogens with zero attached hydrogens (tertiary/aromatic N) is 2. The molecule has 1 aromatic carbocycles. The number of Topliss-reactive ketones (excluding diaryl/α,β-unsaturated/α-hetero) is 1. The molecule has 6 heteroatoms. The topological polar surface area (TPSA) is 60.7 Å². The van der Waals surface area contributed by atoms with Gasteiger partial charge in [-0.05, 0) is 6.92 Å². The van der Waals surface area contributed by atoms with Gasteiger partial charge >= 0.3 is 5.97 Å². The van der Waals surface area contributed by atoms with Crippen LogP contribution in [0, 0.1) is 6.92 Å². The molecule has 0 bridgehead atoms. The number of rotatable bonds is 5. The van der Waals surface area contributed by atoms with Gasteiger partial charge in [0, 0.05) is 23.3 Å². The average molecular weight is 314 g/mol. The number of ether oxygens (including phenoxy) is 1. The molecule has 0 saturated carbocycles. The summed E-state index contributed by atoms with van der Waals surface area (Å²) in [5, 5.41) is 1.92. The minimum atomic E-state index is -0.453. The third-order valence-corrected chi connectivity index (χ3v) is 3.98. The van der Waals surface area contributed by atoms with Crippen molar-refractivity contribution >= 4 is 28.1 Å². The van der Waals surface area contributed by atoms with Gasteiger partial charge in [-0.1, -0.05) is 29.8 Å². The predicted octanol–water partition coefficient (Wildman–Crippen LogP) is 2.67. The summed E-state index contributed by atoms with van der Waals surface area (Å²) < 4.78 is 6.88. The molecular formula is C16H14N2O3S. The standard InChI is InChI=1S/C16H14N2O3S/c1-11-2-4-12(5-3-11)14(19)10-21-15(20)8-13-9-18-6-7-22-16(18)17-13/h2-7,9H,8,10H2,1H3. The van der Waals surface area contributed by atoms with Crippen LogP contribution in [0.4, 0.5) is 0 Å². The van der Waals surface area contributed by atoms with Crippen LogP contribution < -0.4 is 0 Å². The lowest BCUT2D eigenvalue weighted by molar-refractivity contribution is -0.141. The Labute approximate surface area is 131 Å². The van der Waals surface area contributed by atoms with Crippen molar-refractivity contribution in [2.45, 2.75) is 13.3 Å². The van der Waals surface area contributed by atoms with Crippen LogP contribution in [0.2, 0.25) is 0 Å². The Morgan fingerprint density at radius 1 is 1.27 bits per heavy atom. The fraction of sp³-hybridized carbons (Fsp3) is 0.188. The molecule has 0 aliphatic rings. The van der Waals surface area contributed by atoms with Crippen molar-refractivity contribution in [1.29, 1.82) is 0 Å². The molecule has 0 unspecified atom stereocenters. The van der Waals surface area contributed by atoms with Gasteiger partial charge in [0.2, 0.25) is 0 Å². The number of hydrogen-bond donors (Lipinski definition) is 0. The molecule has 0 aliphatic heterocycles. The van der Waals surface area contributed by atoms with Crippen molar-refractivity contribution in [2.24, 2.45) is 0 Å². The summed E-state index contributed by atoms with van der Waals surface area (Å²) in [5.41, 5.74) is 2.26. The Morgan fingerprint density at radius 2 is 2.05 bits per heavy atom. The fourth-order valence-corrected chi connectivity index (χ4v) is 2.75. The molecule has 3 aromatic rings. The van der Waals surface area contributed by atoms with E-state index in [2.05, 4.69) is 4.98 Å². The second kappa shape index (κ2) is 6.11. The first-order valence-corrected chi connectivity index (χ1v) is 7.66. The highest BCUT2D eigenvalue weighted by Crippen LogP contribution is 2.12. The number of aryl methyl sites for hydroxylation is 1. The molecule has 2 heterocycles. The highest BCUT2D eigenvalue weighted by atomic mass is 32.1. The van der Waals surface area contributed by atoms with Gasteiger partial charge in [0.1, 0.15) is 0 Å². The van der Waals surface area contributed by atoms with E-state index in [9.17, 15) is 9.59 Å². The number of esters is 1. The summed E-state index contributed by atoms with van der Waals surface area (Å²) >= 11 is 1.50. The zero-order valence-corrected chi connectivity index (χ0v) is 12.8. The largest absolute Gasteiger partial charge is 0.457 e. The van der Waals surface area contributed by atoms with Crippen LogP contribution in [-0.4, -0.2) is 27.7 Å². The minimum Gasteiger partial charge on any atom is -0.457 e. The SMILES string of the molecule is Cc1ccc(C(=O)COC(=O)Cc2cn3ccsc3n2)cc1. The van der Waals surface area contributed by atoms with Crippen molar-refractivity contribution in [2.75, 3.05) is 6.61 Å². The maximum Gasteiger partial charge on any atom is 0.312 e. The van der Waals surface area contributed by atoms with Crippen LogP contribution in [0.3, 0.4) is 0 Å². The van der Waals surface area contributed by atoms with Crippen molar-refractivity contribution in [3.8, 4) is 0 Å². The van der Waals surface area contributed by atoms with Gasteiger partial charge in [-0.15, -0.1) is 11.3 Å². The van der Waals surface area contributed by atoms with Gasteiger partial charge in [-0.25, -0.2) is 4.98 Å². The molecular weight excluding hydrogens is 300 g/mol.